The number of carbonyl (C=O) groups excluding carboxylic acids is 2. The Morgan fingerprint density at radius 2 is 2.40 bits per heavy atom. The summed E-state index contributed by atoms with van der Waals surface area (Å²) in [6.07, 6.45) is 0. The van der Waals surface area contributed by atoms with Crippen molar-refractivity contribution in [1.82, 2.24) is 5.32 Å². The molecule has 0 saturated carbocycles. The molecule has 1 aliphatic rings. The first-order valence-corrected chi connectivity index (χ1v) is 3.12. The summed E-state index contributed by atoms with van der Waals surface area (Å²) in [5.74, 6) is -0.823. The molecule has 0 spiro atoms. The number of ether oxygens (including phenoxy) is 1. The van der Waals surface area contributed by atoms with Gasteiger partial charge >= 0.3 is 5.97 Å². The highest BCUT2D eigenvalue weighted by Crippen LogP contribution is 2.13. The standard InChI is InChI=1S/C5H6ClNO3/c1-10-5(9)3-2(6)4(8)7-3/h2-3H,1H3,(H,7,8)/t2-,3-/m0/s1. The van der Waals surface area contributed by atoms with Crippen molar-refractivity contribution in [3.8, 4) is 0 Å². The second-order valence-electron chi connectivity index (χ2n) is 1.91. The first kappa shape index (κ1) is 7.34. The lowest BCUT2D eigenvalue weighted by Gasteiger charge is -2.29. The maximum atomic E-state index is 10.6. The number of hydrogen-bond acceptors (Lipinski definition) is 3. The van der Waals surface area contributed by atoms with Gasteiger partial charge in [-0.3, -0.25) is 4.79 Å². The minimum Gasteiger partial charge on any atom is -0.467 e. The van der Waals surface area contributed by atoms with E-state index < -0.39 is 17.4 Å². The van der Waals surface area contributed by atoms with Gasteiger partial charge < -0.3 is 10.1 Å². The second kappa shape index (κ2) is 2.46. The molecule has 1 N–H and O–H groups in total. The van der Waals surface area contributed by atoms with Gasteiger partial charge in [0, 0.05) is 0 Å². The molecular weight excluding hydrogens is 158 g/mol. The molecule has 0 aromatic carbocycles. The molecule has 1 aliphatic heterocycles. The minimum absolute atomic E-state index is 0.322. The Bertz CT molecular complexity index is 182. The van der Waals surface area contributed by atoms with Crippen LogP contribution in [0.3, 0.4) is 0 Å². The summed E-state index contributed by atoms with van der Waals surface area (Å²) < 4.78 is 4.33. The summed E-state index contributed by atoms with van der Waals surface area (Å²) in [6.45, 7) is 0. The molecule has 0 aromatic rings. The van der Waals surface area contributed by atoms with Gasteiger partial charge in [-0.1, -0.05) is 0 Å². The topological polar surface area (TPSA) is 55.4 Å². The largest absolute Gasteiger partial charge is 0.467 e. The van der Waals surface area contributed by atoms with Crippen LogP contribution in [0, 0.1) is 0 Å². The predicted octanol–water partition coefficient (Wildman–Crippen LogP) is -0.735. The number of nitrogens with one attached hydrogen (secondary N) is 1. The van der Waals surface area contributed by atoms with E-state index in [1.54, 1.807) is 0 Å². The molecule has 1 rings (SSSR count). The number of β-lactam (4-membered cyclic amide) rings is 1. The Hall–Kier alpha value is -0.770. The van der Waals surface area contributed by atoms with Crippen molar-refractivity contribution < 1.29 is 14.3 Å². The molecule has 1 heterocycles. The lowest BCUT2D eigenvalue weighted by atomic mass is 10.1. The maximum Gasteiger partial charge on any atom is 0.330 e. The highest BCUT2D eigenvalue weighted by Gasteiger charge is 2.43. The molecule has 1 amide bonds. The molecule has 0 aromatic heterocycles. The summed E-state index contributed by atoms with van der Waals surface area (Å²) in [4.78, 5) is 21.0. The molecule has 0 aliphatic carbocycles. The Balaban J connectivity index is 2.47. The number of alkyl halides is 1. The Kier molecular flexibility index (Phi) is 1.80. The fourth-order valence-electron chi connectivity index (χ4n) is 0.667. The average Bonchev–Trinajstić information content (AvgIpc) is 1.98. The Morgan fingerprint density at radius 3 is 2.70 bits per heavy atom. The van der Waals surface area contributed by atoms with Gasteiger partial charge in [0.1, 0.15) is 5.38 Å². The van der Waals surface area contributed by atoms with Crippen molar-refractivity contribution in [3.05, 3.63) is 0 Å². The van der Waals surface area contributed by atoms with Crippen LogP contribution in [0.15, 0.2) is 0 Å². The van der Waals surface area contributed by atoms with Crippen molar-refractivity contribution in [1.29, 1.82) is 0 Å². The van der Waals surface area contributed by atoms with E-state index in [9.17, 15) is 9.59 Å². The molecule has 1 saturated heterocycles. The minimum atomic E-state index is -0.757. The van der Waals surface area contributed by atoms with E-state index in [0.29, 0.717) is 0 Å². The number of amides is 1. The third-order valence-electron chi connectivity index (χ3n) is 1.30. The summed E-state index contributed by atoms with van der Waals surface area (Å²) in [7, 11) is 1.25. The van der Waals surface area contributed by atoms with Crippen molar-refractivity contribution in [3.63, 3.8) is 0 Å². The van der Waals surface area contributed by atoms with Crippen LogP contribution in [-0.2, 0) is 14.3 Å². The van der Waals surface area contributed by atoms with Gasteiger partial charge in [-0.15, -0.1) is 11.6 Å². The Morgan fingerprint density at radius 1 is 1.80 bits per heavy atom. The van der Waals surface area contributed by atoms with Crippen molar-refractivity contribution in [2.45, 2.75) is 11.4 Å². The highest BCUT2D eigenvalue weighted by atomic mass is 35.5. The molecule has 56 valence electrons. The number of halogens is 1. The molecule has 10 heavy (non-hydrogen) atoms. The van der Waals surface area contributed by atoms with E-state index in [4.69, 9.17) is 11.6 Å². The lowest BCUT2D eigenvalue weighted by Crippen LogP contribution is -2.63. The van der Waals surface area contributed by atoms with Gasteiger partial charge in [0.15, 0.2) is 6.04 Å². The zero-order chi connectivity index (χ0) is 7.72. The van der Waals surface area contributed by atoms with Crippen molar-refractivity contribution >= 4 is 23.5 Å². The van der Waals surface area contributed by atoms with Crippen LogP contribution in [0.5, 0.6) is 0 Å². The highest BCUT2D eigenvalue weighted by molar-refractivity contribution is 6.35. The normalized spacial score (nSPS) is 30.4. The molecule has 2 atom stereocenters. The molecule has 0 radical (unpaired) electrons. The summed E-state index contributed by atoms with van der Waals surface area (Å²) in [5, 5.41) is 1.54. The van der Waals surface area contributed by atoms with Crippen LogP contribution in [0.1, 0.15) is 0 Å². The van der Waals surface area contributed by atoms with E-state index in [2.05, 4.69) is 10.1 Å². The van der Waals surface area contributed by atoms with Crippen LogP contribution in [0.4, 0.5) is 0 Å². The van der Waals surface area contributed by atoms with E-state index >= 15 is 0 Å². The van der Waals surface area contributed by atoms with E-state index in [0.717, 1.165) is 0 Å². The van der Waals surface area contributed by atoms with Gasteiger partial charge in [-0.25, -0.2) is 4.79 Å². The van der Waals surface area contributed by atoms with Crippen molar-refractivity contribution in [2.24, 2.45) is 0 Å². The summed E-state index contributed by atoms with van der Waals surface area (Å²) in [6, 6.07) is -0.654. The molecule has 4 nitrogen and oxygen atoms in total. The zero-order valence-corrected chi connectivity index (χ0v) is 6.01. The molecular formula is C5H6ClNO3. The van der Waals surface area contributed by atoms with Gasteiger partial charge in [-0.05, 0) is 0 Å². The van der Waals surface area contributed by atoms with E-state index in [1.807, 2.05) is 0 Å². The molecule has 5 heteroatoms. The van der Waals surface area contributed by atoms with E-state index in [1.165, 1.54) is 7.11 Å². The van der Waals surface area contributed by atoms with Gasteiger partial charge in [0.2, 0.25) is 5.91 Å². The van der Waals surface area contributed by atoms with Crippen LogP contribution in [-0.4, -0.2) is 30.4 Å². The number of esters is 1. The van der Waals surface area contributed by atoms with Gasteiger partial charge in [-0.2, -0.15) is 0 Å². The third kappa shape index (κ3) is 0.945. The third-order valence-corrected chi connectivity index (χ3v) is 1.75. The average molecular weight is 164 g/mol. The smallest absolute Gasteiger partial charge is 0.330 e. The number of hydrogen-bond donors (Lipinski definition) is 1. The number of methoxy groups -OCH3 is 1. The summed E-state index contributed by atoms with van der Waals surface area (Å²) in [5.41, 5.74) is 0. The van der Waals surface area contributed by atoms with Crippen LogP contribution in [0.25, 0.3) is 0 Å². The Labute approximate surface area is 62.5 Å². The van der Waals surface area contributed by atoms with Gasteiger partial charge in [0.25, 0.3) is 0 Å². The molecule has 0 unspecified atom stereocenters. The quantitative estimate of drug-likeness (QED) is 0.315. The summed E-state index contributed by atoms with van der Waals surface area (Å²) >= 11 is 5.43. The van der Waals surface area contributed by atoms with Crippen LogP contribution < -0.4 is 5.32 Å². The first-order chi connectivity index (χ1) is 4.66. The fraction of sp³-hybridized carbons (Fsp3) is 0.600. The molecule has 0 bridgehead atoms. The van der Waals surface area contributed by atoms with Crippen molar-refractivity contribution in [2.75, 3.05) is 7.11 Å². The SMILES string of the molecule is COC(=O)[C@H]1NC(=O)[C@H]1Cl. The van der Waals surface area contributed by atoms with Gasteiger partial charge in [0.05, 0.1) is 7.11 Å². The van der Waals surface area contributed by atoms with Crippen LogP contribution in [0.2, 0.25) is 0 Å². The number of rotatable bonds is 1. The second-order valence-corrected chi connectivity index (χ2v) is 2.38. The number of carbonyl (C=O) groups is 2. The van der Waals surface area contributed by atoms with Crippen LogP contribution >= 0.6 is 11.6 Å². The maximum absolute atomic E-state index is 10.6. The lowest BCUT2D eigenvalue weighted by molar-refractivity contribution is -0.150. The van der Waals surface area contributed by atoms with E-state index in [-0.39, 0.29) is 5.91 Å². The fourth-order valence-corrected chi connectivity index (χ4v) is 0.895. The monoisotopic (exact) mass is 163 g/mol. The first-order valence-electron chi connectivity index (χ1n) is 2.69. The molecule has 1 fully saturated rings. The predicted molar refractivity (Wildman–Crippen MR) is 33.6 cm³/mol. The zero-order valence-electron chi connectivity index (χ0n) is 5.26.